The van der Waals surface area contributed by atoms with E-state index in [1.165, 1.54) is 5.56 Å². The molecule has 2 N–H and O–H groups in total. The minimum absolute atomic E-state index is 0.0685. The third-order valence-corrected chi connectivity index (χ3v) is 3.79. The van der Waals surface area contributed by atoms with Gasteiger partial charge in [-0.1, -0.05) is 37.1 Å². The minimum atomic E-state index is -0.0685. The second-order valence-electron chi connectivity index (χ2n) is 5.05. The van der Waals surface area contributed by atoms with Crippen molar-refractivity contribution < 1.29 is 4.79 Å². The van der Waals surface area contributed by atoms with Gasteiger partial charge in [-0.3, -0.25) is 10.1 Å². The van der Waals surface area contributed by atoms with Gasteiger partial charge in [0.15, 0.2) is 0 Å². The van der Waals surface area contributed by atoms with Crippen molar-refractivity contribution in [1.82, 2.24) is 10.6 Å². The Kier molecular flexibility index (Phi) is 5.23. The van der Waals surface area contributed by atoms with Crippen molar-refractivity contribution in [2.24, 2.45) is 0 Å². The van der Waals surface area contributed by atoms with Gasteiger partial charge in [-0.05, 0) is 37.0 Å². The Morgan fingerprint density at radius 3 is 2.79 bits per heavy atom. The van der Waals surface area contributed by atoms with Gasteiger partial charge in [-0.15, -0.1) is 0 Å². The number of benzene rings is 1. The molecule has 0 spiro atoms. The molecule has 0 aliphatic carbocycles. The summed E-state index contributed by atoms with van der Waals surface area (Å²) in [5, 5.41) is 7.15. The van der Waals surface area contributed by atoms with Gasteiger partial charge in [0.1, 0.15) is 0 Å². The molecule has 1 saturated heterocycles. The Hall–Kier alpha value is -1.06. The first kappa shape index (κ1) is 14.4. The van der Waals surface area contributed by atoms with Crippen LogP contribution in [0.5, 0.6) is 0 Å². The first-order chi connectivity index (χ1) is 9.20. The molecule has 0 saturated carbocycles. The zero-order chi connectivity index (χ0) is 13.7. The molecule has 1 heterocycles. The Morgan fingerprint density at radius 2 is 2.16 bits per heavy atom. The standard InChI is InChI=1S/C15H21ClN2O/c1-2-4-13(11-6-8-12(16)9-7-11)18-14-5-3-10-17-15(14)19/h6-9,13-14,18H,2-5,10H2,1H3,(H,17,19). The zero-order valence-corrected chi connectivity index (χ0v) is 12.0. The first-order valence-corrected chi connectivity index (χ1v) is 7.37. The van der Waals surface area contributed by atoms with Crippen molar-refractivity contribution in [1.29, 1.82) is 0 Å². The number of piperidine rings is 1. The molecule has 19 heavy (non-hydrogen) atoms. The lowest BCUT2D eigenvalue weighted by atomic mass is 9.99. The van der Waals surface area contributed by atoms with Gasteiger partial charge in [0.2, 0.25) is 5.91 Å². The summed E-state index contributed by atoms with van der Waals surface area (Å²) in [7, 11) is 0. The Bertz CT molecular complexity index is 419. The van der Waals surface area contributed by atoms with E-state index in [4.69, 9.17) is 11.6 Å². The van der Waals surface area contributed by atoms with E-state index in [1.54, 1.807) is 0 Å². The molecule has 0 radical (unpaired) electrons. The molecule has 1 aromatic carbocycles. The summed E-state index contributed by atoms with van der Waals surface area (Å²) in [4.78, 5) is 11.8. The van der Waals surface area contributed by atoms with Crippen LogP contribution >= 0.6 is 11.6 Å². The van der Waals surface area contributed by atoms with E-state index in [2.05, 4.69) is 17.6 Å². The average Bonchev–Trinajstić information content (AvgIpc) is 2.42. The Morgan fingerprint density at radius 1 is 1.42 bits per heavy atom. The molecule has 2 atom stereocenters. The third-order valence-electron chi connectivity index (χ3n) is 3.54. The molecule has 1 aliphatic rings. The third kappa shape index (κ3) is 3.95. The SMILES string of the molecule is CCCC(NC1CCCNC1=O)c1ccc(Cl)cc1. The summed E-state index contributed by atoms with van der Waals surface area (Å²) < 4.78 is 0. The van der Waals surface area contributed by atoms with E-state index >= 15 is 0 Å². The quantitative estimate of drug-likeness (QED) is 0.870. The van der Waals surface area contributed by atoms with Crippen LogP contribution < -0.4 is 10.6 Å². The number of nitrogens with one attached hydrogen (secondary N) is 2. The molecular formula is C15H21ClN2O. The molecule has 3 nitrogen and oxygen atoms in total. The van der Waals surface area contributed by atoms with E-state index in [-0.39, 0.29) is 18.0 Å². The second-order valence-corrected chi connectivity index (χ2v) is 5.48. The van der Waals surface area contributed by atoms with Gasteiger partial charge in [0, 0.05) is 17.6 Å². The van der Waals surface area contributed by atoms with Gasteiger partial charge in [0.25, 0.3) is 0 Å². The molecular weight excluding hydrogens is 260 g/mol. The van der Waals surface area contributed by atoms with Crippen molar-refractivity contribution in [3.05, 3.63) is 34.9 Å². The van der Waals surface area contributed by atoms with Crippen LogP contribution in [0.4, 0.5) is 0 Å². The molecule has 1 fully saturated rings. The fourth-order valence-corrected chi connectivity index (χ4v) is 2.63. The minimum Gasteiger partial charge on any atom is -0.355 e. The molecule has 2 unspecified atom stereocenters. The summed E-state index contributed by atoms with van der Waals surface area (Å²) in [6.45, 7) is 2.96. The van der Waals surface area contributed by atoms with Crippen molar-refractivity contribution >= 4 is 17.5 Å². The topological polar surface area (TPSA) is 41.1 Å². The molecule has 1 aliphatic heterocycles. The number of rotatable bonds is 5. The smallest absolute Gasteiger partial charge is 0.237 e. The van der Waals surface area contributed by atoms with Gasteiger partial charge < -0.3 is 5.32 Å². The number of hydrogen-bond donors (Lipinski definition) is 2. The summed E-state index contributed by atoms with van der Waals surface area (Å²) in [5.74, 6) is 0.126. The first-order valence-electron chi connectivity index (χ1n) is 7.00. The second kappa shape index (κ2) is 6.92. The van der Waals surface area contributed by atoms with Crippen molar-refractivity contribution in [2.75, 3.05) is 6.54 Å². The monoisotopic (exact) mass is 280 g/mol. The molecule has 104 valence electrons. The van der Waals surface area contributed by atoms with Crippen molar-refractivity contribution in [2.45, 2.75) is 44.7 Å². The highest BCUT2D eigenvalue weighted by molar-refractivity contribution is 6.30. The Labute approximate surface area is 119 Å². The van der Waals surface area contributed by atoms with Crippen LogP contribution in [-0.4, -0.2) is 18.5 Å². The maximum Gasteiger partial charge on any atom is 0.237 e. The lowest BCUT2D eigenvalue weighted by Gasteiger charge is -2.28. The molecule has 2 rings (SSSR count). The van der Waals surface area contributed by atoms with Gasteiger partial charge >= 0.3 is 0 Å². The van der Waals surface area contributed by atoms with Crippen LogP contribution in [0, 0.1) is 0 Å². The summed E-state index contributed by atoms with van der Waals surface area (Å²) in [5.41, 5.74) is 1.20. The molecule has 0 bridgehead atoms. The number of carbonyl (C=O) groups excluding carboxylic acids is 1. The van der Waals surface area contributed by atoms with Crippen LogP contribution in [0.3, 0.4) is 0 Å². The number of amides is 1. The van der Waals surface area contributed by atoms with Crippen LogP contribution in [0.2, 0.25) is 5.02 Å². The summed E-state index contributed by atoms with van der Waals surface area (Å²) >= 11 is 5.92. The highest BCUT2D eigenvalue weighted by Gasteiger charge is 2.24. The molecule has 0 aromatic heterocycles. The highest BCUT2D eigenvalue weighted by Crippen LogP contribution is 2.22. The fraction of sp³-hybridized carbons (Fsp3) is 0.533. The lowest BCUT2D eigenvalue weighted by molar-refractivity contribution is -0.124. The fourth-order valence-electron chi connectivity index (χ4n) is 2.50. The van der Waals surface area contributed by atoms with Gasteiger partial charge in [-0.2, -0.15) is 0 Å². The summed E-state index contributed by atoms with van der Waals surface area (Å²) in [6, 6.07) is 8.04. The van der Waals surface area contributed by atoms with Crippen LogP contribution in [0.25, 0.3) is 0 Å². The van der Waals surface area contributed by atoms with E-state index in [0.29, 0.717) is 0 Å². The Balaban J connectivity index is 2.06. The maximum absolute atomic E-state index is 11.8. The van der Waals surface area contributed by atoms with E-state index < -0.39 is 0 Å². The van der Waals surface area contributed by atoms with Crippen molar-refractivity contribution in [3.63, 3.8) is 0 Å². The van der Waals surface area contributed by atoms with Gasteiger partial charge in [0.05, 0.1) is 6.04 Å². The zero-order valence-electron chi connectivity index (χ0n) is 11.3. The van der Waals surface area contributed by atoms with E-state index in [9.17, 15) is 4.79 Å². The lowest BCUT2D eigenvalue weighted by Crippen LogP contribution is -2.49. The normalized spacial score (nSPS) is 20.9. The number of hydrogen-bond acceptors (Lipinski definition) is 2. The number of carbonyl (C=O) groups is 1. The number of halogens is 1. The maximum atomic E-state index is 11.8. The van der Waals surface area contributed by atoms with E-state index in [1.807, 2.05) is 24.3 Å². The average molecular weight is 281 g/mol. The van der Waals surface area contributed by atoms with Crippen molar-refractivity contribution in [3.8, 4) is 0 Å². The highest BCUT2D eigenvalue weighted by atomic mass is 35.5. The van der Waals surface area contributed by atoms with Crippen LogP contribution in [-0.2, 0) is 4.79 Å². The van der Waals surface area contributed by atoms with E-state index in [0.717, 1.165) is 37.3 Å². The van der Waals surface area contributed by atoms with Crippen LogP contribution in [0.15, 0.2) is 24.3 Å². The molecule has 4 heteroatoms. The predicted octanol–water partition coefficient (Wildman–Crippen LogP) is 3.05. The van der Waals surface area contributed by atoms with Crippen LogP contribution in [0.1, 0.15) is 44.2 Å². The van der Waals surface area contributed by atoms with Gasteiger partial charge in [-0.25, -0.2) is 0 Å². The molecule has 1 aromatic rings. The largest absolute Gasteiger partial charge is 0.355 e. The summed E-state index contributed by atoms with van der Waals surface area (Å²) in [6.07, 6.45) is 4.06. The predicted molar refractivity (Wildman–Crippen MR) is 78.3 cm³/mol. The molecule has 1 amide bonds.